The van der Waals surface area contributed by atoms with Gasteiger partial charge in [-0.3, -0.25) is 0 Å². The highest BCUT2D eigenvalue weighted by atomic mass is 35.5. The van der Waals surface area contributed by atoms with Crippen molar-refractivity contribution >= 4 is 45.7 Å². The van der Waals surface area contributed by atoms with E-state index in [9.17, 15) is 0 Å². The summed E-state index contributed by atoms with van der Waals surface area (Å²) in [6.45, 7) is 1.79. The molecular formula is C11H8Cl3NO. The quantitative estimate of drug-likeness (QED) is 0.764. The van der Waals surface area contributed by atoms with Crippen molar-refractivity contribution in [3.8, 4) is 5.75 Å². The first-order valence-electron chi connectivity index (χ1n) is 4.53. The van der Waals surface area contributed by atoms with Gasteiger partial charge in [-0.05, 0) is 13.0 Å². The Labute approximate surface area is 108 Å². The number of fused-ring (bicyclic) bond motifs is 1. The van der Waals surface area contributed by atoms with E-state index < -0.39 is 0 Å². The first-order chi connectivity index (χ1) is 7.54. The number of halogens is 3. The van der Waals surface area contributed by atoms with E-state index in [1.165, 1.54) is 0 Å². The maximum absolute atomic E-state index is 6.15. The molecule has 0 fully saturated rings. The Kier molecular flexibility index (Phi) is 3.15. The second-order valence-electron chi connectivity index (χ2n) is 3.33. The maximum Gasteiger partial charge on any atom is 0.146 e. The Bertz CT molecular complexity index is 569. The van der Waals surface area contributed by atoms with Crippen LogP contribution in [0.3, 0.4) is 0 Å². The maximum atomic E-state index is 6.15. The third-order valence-corrected chi connectivity index (χ3v) is 3.46. The highest BCUT2D eigenvalue weighted by Crippen LogP contribution is 2.37. The molecule has 0 amide bonds. The van der Waals surface area contributed by atoms with E-state index in [1.807, 2.05) is 0 Å². The third-order valence-electron chi connectivity index (χ3n) is 2.29. The molecule has 1 heterocycles. The molecule has 84 valence electrons. The zero-order valence-electron chi connectivity index (χ0n) is 8.64. The number of methoxy groups -OCH3 is 1. The molecule has 0 N–H and O–H groups in total. The zero-order valence-corrected chi connectivity index (χ0v) is 10.9. The van der Waals surface area contributed by atoms with Crippen molar-refractivity contribution in [1.29, 1.82) is 0 Å². The van der Waals surface area contributed by atoms with E-state index in [-0.39, 0.29) is 0 Å². The minimum Gasteiger partial charge on any atom is -0.494 e. The van der Waals surface area contributed by atoms with Crippen molar-refractivity contribution in [2.75, 3.05) is 7.11 Å². The van der Waals surface area contributed by atoms with Gasteiger partial charge in [0, 0.05) is 16.5 Å². The van der Waals surface area contributed by atoms with Crippen LogP contribution in [0, 0.1) is 6.92 Å². The van der Waals surface area contributed by atoms with Crippen molar-refractivity contribution in [1.82, 2.24) is 4.98 Å². The molecule has 0 atom stereocenters. The van der Waals surface area contributed by atoms with Crippen molar-refractivity contribution in [2.45, 2.75) is 6.92 Å². The molecule has 0 aliphatic rings. The fraction of sp³-hybridized carbons (Fsp3) is 0.182. The summed E-state index contributed by atoms with van der Waals surface area (Å²) in [4.78, 5) is 4.35. The van der Waals surface area contributed by atoms with Crippen LogP contribution >= 0.6 is 34.8 Å². The average molecular weight is 277 g/mol. The molecule has 0 spiro atoms. The summed E-state index contributed by atoms with van der Waals surface area (Å²) < 4.78 is 5.21. The highest BCUT2D eigenvalue weighted by Gasteiger charge is 2.13. The minimum absolute atomic E-state index is 0.443. The molecule has 0 unspecified atom stereocenters. The van der Waals surface area contributed by atoms with Gasteiger partial charge in [0.15, 0.2) is 0 Å². The molecule has 0 saturated heterocycles. The molecule has 16 heavy (non-hydrogen) atoms. The third kappa shape index (κ3) is 1.81. The molecule has 5 heteroatoms. The molecule has 2 nitrogen and oxygen atoms in total. The fourth-order valence-corrected chi connectivity index (χ4v) is 2.14. The lowest BCUT2D eigenvalue weighted by Gasteiger charge is -2.09. The van der Waals surface area contributed by atoms with Gasteiger partial charge in [0.1, 0.15) is 11.3 Å². The van der Waals surface area contributed by atoms with Crippen molar-refractivity contribution in [2.24, 2.45) is 0 Å². The van der Waals surface area contributed by atoms with Gasteiger partial charge >= 0.3 is 0 Å². The number of hydrogen-bond donors (Lipinski definition) is 0. The molecule has 1 aromatic heterocycles. The normalized spacial score (nSPS) is 10.8. The molecule has 0 aliphatic heterocycles. The summed E-state index contributed by atoms with van der Waals surface area (Å²) in [5.41, 5.74) is 1.33. The van der Waals surface area contributed by atoms with Crippen molar-refractivity contribution in [3.63, 3.8) is 0 Å². The van der Waals surface area contributed by atoms with Crippen molar-refractivity contribution < 1.29 is 4.74 Å². The SMILES string of the molecule is COc1cc(Cl)cc2c(Cl)c(Cl)c(C)nc12. The van der Waals surface area contributed by atoms with Crippen LogP contribution in [0.15, 0.2) is 12.1 Å². The number of rotatable bonds is 1. The van der Waals surface area contributed by atoms with Crippen LogP contribution in [0.1, 0.15) is 5.69 Å². The Morgan fingerprint density at radius 2 is 1.81 bits per heavy atom. The Morgan fingerprint density at radius 1 is 1.12 bits per heavy atom. The summed E-state index contributed by atoms with van der Waals surface area (Å²) in [6, 6.07) is 3.42. The second-order valence-corrected chi connectivity index (χ2v) is 4.52. The van der Waals surface area contributed by atoms with Gasteiger partial charge in [-0.15, -0.1) is 0 Å². The van der Waals surface area contributed by atoms with Crippen LogP contribution in [0.4, 0.5) is 0 Å². The van der Waals surface area contributed by atoms with Gasteiger partial charge in [0.2, 0.25) is 0 Å². The lowest BCUT2D eigenvalue weighted by Crippen LogP contribution is -1.92. The number of ether oxygens (including phenoxy) is 1. The van der Waals surface area contributed by atoms with Crippen LogP contribution in [0.25, 0.3) is 10.9 Å². The highest BCUT2D eigenvalue weighted by molar-refractivity contribution is 6.46. The molecule has 0 aliphatic carbocycles. The van der Waals surface area contributed by atoms with Gasteiger partial charge < -0.3 is 4.74 Å². The van der Waals surface area contributed by atoms with E-state index >= 15 is 0 Å². The second kappa shape index (κ2) is 4.28. The Hall–Kier alpha value is -0.700. The summed E-state index contributed by atoms with van der Waals surface area (Å²) in [7, 11) is 1.56. The molecule has 1 aromatic carbocycles. The predicted octanol–water partition coefficient (Wildman–Crippen LogP) is 4.51. The predicted molar refractivity (Wildman–Crippen MR) is 68.1 cm³/mol. The number of hydrogen-bond acceptors (Lipinski definition) is 2. The van der Waals surface area contributed by atoms with Gasteiger partial charge in [0.25, 0.3) is 0 Å². The standard InChI is InChI=1S/C11H8Cl3NO/c1-5-9(13)10(14)7-3-6(12)4-8(16-2)11(7)15-5/h3-4H,1-2H3. The number of benzene rings is 1. The van der Waals surface area contributed by atoms with Gasteiger partial charge in [-0.25, -0.2) is 4.98 Å². The fourth-order valence-electron chi connectivity index (χ4n) is 1.51. The first-order valence-corrected chi connectivity index (χ1v) is 5.67. The van der Waals surface area contributed by atoms with E-state index in [2.05, 4.69) is 4.98 Å². The summed E-state index contributed by atoms with van der Waals surface area (Å²) in [5, 5.41) is 2.12. The minimum atomic E-state index is 0.443. The van der Waals surface area contributed by atoms with Crippen LogP contribution in [0.2, 0.25) is 15.1 Å². The molecule has 0 saturated carbocycles. The van der Waals surface area contributed by atoms with Crippen LogP contribution in [-0.2, 0) is 0 Å². The number of aromatic nitrogens is 1. The van der Waals surface area contributed by atoms with Gasteiger partial charge in [0.05, 0.1) is 22.8 Å². The topological polar surface area (TPSA) is 22.1 Å². The summed E-state index contributed by atoms with van der Waals surface area (Å²) >= 11 is 18.1. The van der Waals surface area contributed by atoms with Crippen LogP contribution < -0.4 is 4.74 Å². The number of aryl methyl sites for hydroxylation is 1. The van der Waals surface area contributed by atoms with E-state index in [1.54, 1.807) is 26.2 Å². The smallest absolute Gasteiger partial charge is 0.146 e. The van der Waals surface area contributed by atoms with E-state index in [4.69, 9.17) is 39.5 Å². The van der Waals surface area contributed by atoms with Crippen LogP contribution in [-0.4, -0.2) is 12.1 Å². The number of nitrogens with zero attached hydrogens (tertiary/aromatic N) is 1. The zero-order chi connectivity index (χ0) is 11.9. The van der Waals surface area contributed by atoms with Gasteiger partial charge in [-0.2, -0.15) is 0 Å². The van der Waals surface area contributed by atoms with E-state index in [0.29, 0.717) is 37.4 Å². The number of pyridine rings is 1. The summed E-state index contributed by atoms with van der Waals surface area (Å²) in [5.74, 6) is 0.587. The average Bonchev–Trinajstić information content (AvgIpc) is 2.26. The largest absolute Gasteiger partial charge is 0.494 e. The van der Waals surface area contributed by atoms with E-state index in [0.717, 1.165) is 0 Å². The van der Waals surface area contributed by atoms with Crippen LogP contribution in [0.5, 0.6) is 5.75 Å². The first kappa shape index (κ1) is 11.8. The monoisotopic (exact) mass is 275 g/mol. The van der Waals surface area contributed by atoms with Crippen molar-refractivity contribution in [3.05, 3.63) is 32.9 Å². The lowest BCUT2D eigenvalue weighted by molar-refractivity contribution is 0.419. The molecule has 0 radical (unpaired) electrons. The Balaban J connectivity index is 2.94. The Morgan fingerprint density at radius 3 is 2.44 bits per heavy atom. The van der Waals surface area contributed by atoms with Gasteiger partial charge in [-0.1, -0.05) is 34.8 Å². The molecule has 2 aromatic rings. The molecule has 0 bridgehead atoms. The summed E-state index contributed by atoms with van der Waals surface area (Å²) in [6.07, 6.45) is 0. The lowest BCUT2D eigenvalue weighted by atomic mass is 10.2. The molecular weight excluding hydrogens is 268 g/mol. The molecule has 2 rings (SSSR count).